The second kappa shape index (κ2) is 9.68. The van der Waals surface area contributed by atoms with Crippen molar-refractivity contribution in [1.82, 2.24) is 4.90 Å². The Morgan fingerprint density at radius 1 is 0.861 bits per heavy atom. The zero-order valence-electron chi connectivity index (χ0n) is 20.0. The Morgan fingerprint density at radius 2 is 1.44 bits per heavy atom. The van der Waals surface area contributed by atoms with Crippen LogP contribution < -0.4 is 4.74 Å². The summed E-state index contributed by atoms with van der Waals surface area (Å²) < 4.78 is 10.4. The lowest BCUT2D eigenvalue weighted by Gasteiger charge is -2.19. The summed E-state index contributed by atoms with van der Waals surface area (Å²) in [6.45, 7) is 1.45. The van der Waals surface area contributed by atoms with E-state index >= 15 is 0 Å². The highest BCUT2D eigenvalue weighted by molar-refractivity contribution is 6.06. The number of imide groups is 1. The Kier molecular flexibility index (Phi) is 6.43. The smallest absolute Gasteiger partial charge is 0.343 e. The van der Waals surface area contributed by atoms with Gasteiger partial charge in [-0.05, 0) is 74.4 Å². The van der Waals surface area contributed by atoms with Crippen LogP contribution in [0.2, 0.25) is 0 Å². The first kappa shape index (κ1) is 23.9. The molecule has 2 aromatic carbocycles. The van der Waals surface area contributed by atoms with Crippen LogP contribution in [-0.2, 0) is 19.1 Å². The number of aryl methyl sites for hydroxylation is 1. The molecule has 5 rings (SSSR count). The number of ketones is 1. The van der Waals surface area contributed by atoms with Crippen LogP contribution in [-0.4, -0.2) is 47.6 Å². The Bertz CT molecular complexity index is 1190. The largest absolute Gasteiger partial charge is 0.457 e. The third-order valence-corrected chi connectivity index (χ3v) is 7.60. The van der Waals surface area contributed by atoms with E-state index in [0.29, 0.717) is 23.0 Å². The molecule has 0 spiro atoms. The molecule has 3 fully saturated rings. The average molecular weight is 490 g/mol. The predicted octanol–water partition coefficient (Wildman–Crippen LogP) is 3.36. The van der Waals surface area contributed by atoms with Gasteiger partial charge < -0.3 is 9.47 Å². The molecule has 2 aliphatic carbocycles. The number of rotatable bonds is 8. The predicted molar refractivity (Wildman–Crippen MR) is 127 cm³/mol. The SMILES string of the molecule is Cc1ccc(C(=O)Oc2ccc(C(=O)COC(=O)CCN3C(=O)C4C5CCC(C5)C4C3=O)cc2)cc1. The monoisotopic (exact) mass is 489 g/mol. The maximum Gasteiger partial charge on any atom is 0.343 e. The topological polar surface area (TPSA) is 107 Å². The molecular weight excluding hydrogens is 462 g/mol. The van der Waals surface area contributed by atoms with E-state index in [4.69, 9.17) is 9.47 Å². The molecule has 2 bridgehead atoms. The second-order valence-corrected chi connectivity index (χ2v) is 9.83. The number of benzene rings is 2. The van der Waals surface area contributed by atoms with Gasteiger partial charge in [-0.15, -0.1) is 0 Å². The summed E-state index contributed by atoms with van der Waals surface area (Å²) >= 11 is 0. The quantitative estimate of drug-likeness (QED) is 0.242. The number of esters is 2. The van der Waals surface area contributed by atoms with E-state index in [1.165, 1.54) is 29.2 Å². The molecule has 3 aliphatic rings. The Hall–Kier alpha value is -3.81. The first-order chi connectivity index (χ1) is 17.3. The number of nitrogens with zero attached hydrogens (tertiary/aromatic N) is 1. The summed E-state index contributed by atoms with van der Waals surface area (Å²) in [5.74, 6) is -1.45. The number of likely N-dealkylation sites (tertiary alicyclic amines) is 1. The van der Waals surface area contributed by atoms with Gasteiger partial charge >= 0.3 is 11.9 Å². The van der Waals surface area contributed by atoms with Crippen LogP contribution in [0, 0.1) is 30.6 Å². The van der Waals surface area contributed by atoms with Crippen molar-refractivity contribution in [1.29, 1.82) is 0 Å². The minimum Gasteiger partial charge on any atom is -0.457 e. The molecule has 1 heterocycles. The molecule has 36 heavy (non-hydrogen) atoms. The lowest BCUT2D eigenvalue weighted by Crippen LogP contribution is -2.35. The van der Waals surface area contributed by atoms with Gasteiger partial charge in [-0.2, -0.15) is 0 Å². The van der Waals surface area contributed by atoms with Crippen LogP contribution >= 0.6 is 0 Å². The van der Waals surface area contributed by atoms with Crippen molar-refractivity contribution >= 4 is 29.5 Å². The van der Waals surface area contributed by atoms with Gasteiger partial charge in [-0.3, -0.25) is 24.1 Å². The standard InChI is InChI=1S/C28H27NO7/c1-16-2-4-18(5-3-16)28(34)36-21-10-8-17(9-11-21)22(30)15-35-23(31)12-13-29-26(32)24-19-6-7-20(14-19)25(24)27(29)33/h2-5,8-11,19-20,24-25H,6-7,12-15H2,1H3. The van der Waals surface area contributed by atoms with Crippen LogP contribution in [0.3, 0.4) is 0 Å². The fourth-order valence-corrected chi connectivity index (χ4v) is 5.76. The molecule has 2 amide bonds. The number of Topliss-reactive ketones (excluding diaryl/α,β-unsaturated/α-hetero) is 1. The molecular formula is C28H27NO7. The van der Waals surface area contributed by atoms with E-state index in [9.17, 15) is 24.0 Å². The number of hydrogen-bond acceptors (Lipinski definition) is 7. The van der Waals surface area contributed by atoms with Crippen LogP contribution in [0.1, 0.15) is 52.0 Å². The Morgan fingerprint density at radius 3 is 2.06 bits per heavy atom. The summed E-state index contributed by atoms with van der Waals surface area (Å²) in [6, 6.07) is 12.9. The highest BCUT2D eigenvalue weighted by Crippen LogP contribution is 2.56. The Balaban J connectivity index is 1.08. The number of fused-ring (bicyclic) bond motifs is 5. The molecule has 4 atom stereocenters. The first-order valence-electron chi connectivity index (χ1n) is 12.2. The van der Waals surface area contributed by atoms with E-state index in [2.05, 4.69) is 0 Å². The third kappa shape index (κ3) is 4.55. The highest BCUT2D eigenvalue weighted by atomic mass is 16.5. The third-order valence-electron chi connectivity index (χ3n) is 7.60. The molecule has 2 aromatic rings. The van der Waals surface area contributed by atoms with Crippen molar-refractivity contribution in [2.75, 3.05) is 13.2 Å². The average Bonchev–Trinajstić information content (AvgIpc) is 3.56. The van der Waals surface area contributed by atoms with Crippen LogP contribution in [0.5, 0.6) is 5.75 Å². The number of carbonyl (C=O) groups is 5. The van der Waals surface area contributed by atoms with E-state index in [-0.39, 0.29) is 42.4 Å². The van der Waals surface area contributed by atoms with Gasteiger partial charge in [0.15, 0.2) is 12.4 Å². The van der Waals surface area contributed by atoms with Gasteiger partial charge in [0.2, 0.25) is 11.8 Å². The summed E-state index contributed by atoms with van der Waals surface area (Å²) in [7, 11) is 0. The summed E-state index contributed by atoms with van der Waals surface area (Å²) in [5.41, 5.74) is 1.74. The number of carbonyl (C=O) groups excluding carboxylic acids is 5. The van der Waals surface area contributed by atoms with Crippen molar-refractivity contribution in [2.45, 2.75) is 32.6 Å². The molecule has 2 saturated carbocycles. The first-order valence-corrected chi connectivity index (χ1v) is 12.2. The van der Waals surface area contributed by atoms with Crippen molar-refractivity contribution in [3.8, 4) is 5.75 Å². The summed E-state index contributed by atoms with van der Waals surface area (Å²) in [5, 5.41) is 0. The molecule has 4 unspecified atom stereocenters. The fraction of sp³-hybridized carbons (Fsp3) is 0.393. The van der Waals surface area contributed by atoms with Gasteiger partial charge in [0, 0.05) is 12.1 Å². The molecule has 0 aromatic heterocycles. The minimum absolute atomic E-state index is 0.0157. The van der Waals surface area contributed by atoms with Gasteiger partial charge in [-0.1, -0.05) is 17.7 Å². The second-order valence-electron chi connectivity index (χ2n) is 9.83. The van der Waals surface area contributed by atoms with Crippen molar-refractivity contribution in [2.24, 2.45) is 23.7 Å². The minimum atomic E-state index is -0.646. The lowest BCUT2D eigenvalue weighted by molar-refractivity contribution is -0.145. The molecule has 0 N–H and O–H groups in total. The molecule has 1 saturated heterocycles. The van der Waals surface area contributed by atoms with Gasteiger partial charge in [0.05, 0.1) is 23.8 Å². The highest BCUT2D eigenvalue weighted by Gasteiger charge is 2.60. The lowest BCUT2D eigenvalue weighted by atomic mass is 9.81. The molecule has 1 aliphatic heterocycles. The Labute approximate surface area is 208 Å². The summed E-state index contributed by atoms with van der Waals surface area (Å²) in [4.78, 5) is 63.4. The van der Waals surface area contributed by atoms with E-state index in [0.717, 1.165) is 24.8 Å². The normalized spacial score (nSPS) is 24.1. The number of ether oxygens (including phenoxy) is 2. The van der Waals surface area contributed by atoms with Gasteiger partial charge in [0.1, 0.15) is 5.75 Å². The zero-order chi connectivity index (χ0) is 25.4. The summed E-state index contributed by atoms with van der Waals surface area (Å²) in [6.07, 6.45) is 2.81. The maximum atomic E-state index is 12.7. The number of amides is 2. The van der Waals surface area contributed by atoms with Crippen molar-refractivity contribution < 1.29 is 33.4 Å². The molecule has 8 nitrogen and oxygen atoms in total. The van der Waals surface area contributed by atoms with Crippen LogP contribution in [0.4, 0.5) is 0 Å². The van der Waals surface area contributed by atoms with Gasteiger partial charge in [0.25, 0.3) is 0 Å². The van der Waals surface area contributed by atoms with Crippen LogP contribution in [0.15, 0.2) is 48.5 Å². The maximum absolute atomic E-state index is 12.7. The van der Waals surface area contributed by atoms with E-state index < -0.39 is 24.3 Å². The molecule has 0 radical (unpaired) electrons. The van der Waals surface area contributed by atoms with E-state index in [1.54, 1.807) is 12.1 Å². The van der Waals surface area contributed by atoms with Crippen molar-refractivity contribution in [3.05, 3.63) is 65.2 Å². The van der Waals surface area contributed by atoms with E-state index in [1.807, 2.05) is 19.1 Å². The van der Waals surface area contributed by atoms with Gasteiger partial charge in [-0.25, -0.2) is 4.79 Å². The molecule has 8 heteroatoms. The fourth-order valence-electron chi connectivity index (χ4n) is 5.76. The molecule has 186 valence electrons. The van der Waals surface area contributed by atoms with Crippen molar-refractivity contribution in [3.63, 3.8) is 0 Å². The zero-order valence-corrected chi connectivity index (χ0v) is 20.0. The number of hydrogen-bond donors (Lipinski definition) is 0. The van der Waals surface area contributed by atoms with Crippen LogP contribution in [0.25, 0.3) is 0 Å².